The number of fused-ring (bicyclic) bond motifs is 1. The Morgan fingerprint density at radius 1 is 1.26 bits per heavy atom. The SMILES string of the molecule is N#Cc1nnc2ccccc2c1NCCOCCO. The van der Waals surface area contributed by atoms with Crippen molar-refractivity contribution in [1.29, 1.82) is 5.26 Å². The standard InChI is InChI=1S/C13H14N4O2/c14-9-12-13(15-5-7-19-8-6-18)10-3-1-2-4-11(10)16-17-12/h1-4,18H,5-8H2,(H,15,16). The zero-order valence-corrected chi connectivity index (χ0v) is 10.3. The lowest BCUT2D eigenvalue weighted by Gasteiger charge is -2.10. The Morgan fingerprint density at radius 2 is 2.11 bits per heavy atom. The number of nitrogens with zero attached hydrogens (tertiary/aromatic N) is 3. The van der Waals surface area contributed by atoms with Gasteiger partial charge in [-0.15, -0.1) is 10.2 Å². The van der Waals surface area contributed by atoms with Gasteiger partial charge in [-0.2, -0.15) is 5.26 Å². The van der Waals surface area contributed by atoms with Crippen LogP contribution in [0.2, 0.25) is 0 Å². The van der Waals surface area contributed by atoms with Crippen molar-refractivity contribution in [3.63, 3.8) is 0 Å². The number of ether oxygens (including phenoxy) is 1. The van der Waals surface area contributed by atoms with E-state index in [0.29, 0.717) is 25.4 Å². The van der Waals surface area contributed by atoms with E-state index in [9.17, 15) is 0 Å². The zero-order chi connectivity index (χ0) is 13.5. The van der Waals surface area contributed by atoms with Crippen LogP contribution in [0.4, 0.5) is 5.69 Å². The van der Waals surface area contributed by atoms with Crippen LogP contribution in [-0.4, -0.2) is 41.7 Å². The van der Waals surface area contributed by atoms with Gasteiger partial charge in [-0.3, -0.25) is 0 Å². The molecule has 2 N–H and O–H groups in total. The molecule has 6 nitrogen and oxygen atoms in total. The van der Waals surface area contributed by atoms with Crippen LogP contribution in [-0.2, 0) is 4.74 Å². The number of aromatic nitrogens is 2. The van der Waals surface area contributed by atoms with Gasteiger partial charge in [-0.1, -0.05) is 18.2 Å². The van der Waals surface area contributed by atoms with E-state index in [0.717, 1.165) is 10.9 Å². The third kappa shape index (κ3) is 3.16. The van der Waals surface area contributed by atoms with E-state index in [-0.39, 0.29) is 12.3 Å². The summed E-state index contributed by atoms with van der Waals surface area (Å²) < 4.78 is 5.16. The van der Waals surface area contributed by atoms with Crippen LogP contribution < -0.4 is 5.32 Å². The molecule has 1 aromatic carbocycles. The van der Waals surface area contributed by atoms with E-state index in [2.05, 4.69) is 15.5 Å². The van der Waals surface area contributed by atoms with E-state index in [4.69, 9.17) is 15.1 Å². The lowest BCUT2D eigenvalue weighted by atomic mass is 10.1. The summed E-state index contributed by atoms with van der Waals surface area (Å²) in [6.45, 7) is 1.29. The molecule has 1 heterocycles. The second kappa shape index (κ2) is 6.64. The molecule has 2 aromatic rings. The highest BCUT2D eigenvalue weighted by atomic mass is 16.5. The summed E-state index contributed by atoms with van der Waals surface area (Å²) in [5, 5.41) is 29.5. The van der Waals surface area contributed by atoms with Crippen LogP contribution in [0.25, 0.3) is 10.9 Å². The molecular formula is C13H14N4O2. The quantitative estimate of drug-likeness (QED) is 0.749. The molecule has 2 rings (SSSR count). The average molecular weight is 258 g/mol. The molecule has 0 fully saturated rings. The van der Waals surface area contributed by atoms with Gasteiger partial charge in [0.15, 0.2) is 5.69 Å². The van der Waals surface area contributed by atoms with E-state index in [1.165, 1.54) is 0 Å². The zero-order valence-electron chi connectivity index (χ0n) is 10.3. The summed E-state index contributed by atoms with van der Waals surface area (Å²) in [7, 11) is 0. The smallest absolute Gasteiger partial charge is 0.186 e. The number of aliphatic hydroxyl groups is 1. The molecule has 0 unspecified atom stereocenters. The van der Waals surface area contributed by atoms with Gasteiger partial charge in [0.1, 0.15) is 6.07 Å². The van der Waals surface area contributed by atoms with Crippen LogP contribution in [0, 0.1) is 11.3 Å². The summed E-state index contributed by atoms with van der Waals surface area (Å²) in [6, 6.07) is 9.52. The largest absolute Gasteiger partial charge is 0.394 e. The van der Waals surface area contributed by atoms with E-state index in [1.807, 2.05) is 30.3 Å². The number of aliphatic hydroxyl groups excluding tert-OH is 1. The maximum absolute atomic E-state index is 9.06. The van der Waals surface area contributed by atoms with Crippen molar-refractivity contribution >= 4 is 16.6 Å². The Bertz CT molecular complexity index is 595. The summed E-state index contributed by atoms with van der Waals surface area (Å²) >= 11 is 0. The first-order valence-corrected chi connectivity index (χ1v) is 5.95. The molecular weight excluding hydrogens is 244 g/mol. The summed E-state index contributed by atoms with van der Waals surface area (Å²) in [5.74, 6) is 0. The molecule has 0 bridgehead atoms. The number of nitriles is 1. The molecule has 0 saturated carbocycles. The number of nitrogens with one attached hydrogen (secondary N) is 1. The molecule has 19 heavy (non-hydrogen) atoms. The van der Waals surface area contributed by atoms with Crippen LogP contribution >= 0.6 is 0 Å². The Hall–Kier alpha value is -2.23. The topological polar surface area (TPSA) is 91.1 Å². The summed E-state index contributed by atoms with van der Waals surface area (Å²) in [6.07, 6.45) is 0. The predicted molar refractivity (Wildman–Crippen MR) is 70.6 cm³/mol. The van der Waals surface area contributed by atoms with Crippen molar-refractivity contribution in [2.45, 2.75) is 0 Å². The van der Waals surface area contributed by atoms with Crippen molar-refractivity contribution in [2.24, 2.45) is 0 Å². The highest BCUT2D eigenvalue weighted by Gasteiger charge is 2.09. The molecule has 98 valence electrons. The maximum atomic E-state index is 9.06. The summed E-state index contributed by atoms with van der Waals surface area (Å²) in [4.78, 5) is 0. The van der Waals surface area contributed by atoms with Crippen molar-refractivity contribution in [2.75, 3.05) is 31.7 Å². The average Bonchev–Trinajstić information content (AvgIpc) is 2.47. The van der Waals surface area contributed by atoms with Gasteiger partial charge in [0.25, 0.3) is 0 Å². The van der Waals surface area contributed by atoms with Crippen LogP contribution in [0.1, 0.15) is 5.69 Å². The van der Waals surface area contributed by atoms with Gasteiger partial charge in [0, 0.05) is 11.9 Å². The van der Waals surface area contributed by atoms with Crippen molar-refractivity contribution in [3.8, 4) is 6.07 Å². The Labute approximate surface area is 110 Å². The molecule has 0 aliphatic carbocycles. The fraction of sp³-hybridized carbons (Fsp3) is 0.308. The van der Waals surface area contributed by atoms with Gasteiger partial charge in [-0.05, 0) is 6.07 Å². The van der Waals surface area contributed by atoms with Gasteiger partial charge < -0.3 is 15.2 Å². The van der Waals surface area contributed by atoms with Gasteiger partial charge in [-0.25, -0.2) is 0 Å². The molecule has 0 spiro atoms. The fourth-order valence-corrected chi connectivity index (χ4v) is 1.73. The summed E-state index contributed by atoms with van der Waals surface area (Å²) in [5.41, 5.74) is 1.67. The maximum Gasteiger partial charge on any atom is 0.186 e. The molecule has 0 atom stereocenters. The molecule has 0 aliphatic heterocycles. The molecule has 6 heteroatoms. The fourth-order valence-electron chi connectivity index (χ4n) is 1.73. The Kier molecular flexibility index (Phi) is 4.61. The highest BCUT2D eigenvalue weighted by Crippen LogP contribution is 2.23. The molecule has 1 aromatic heterocycles. The first-order valence-electron chi connectivity index (χ1n) is 5.95. The predicted octanol–water partition coefficient (Wildman–Crippen LogP) is 0.922. The number of rotatable bonds is 6. The third-order valence-corrected chi connectivity index (χ3v) is 2.56. The lowest BCUT2D eigenvalue weighted by Crippen LogP contribution is -2.13. The normalized spacial score (nSPS) is 10.3. The first-order chi connectivity index (χ1) is 9.36. The van der Waals surface area contributed by atoms with Crippen molar-refractivity contribution in [1.82, 2.24) is 10.2 Å². The molecule has 0 aliphatic rings. The Morgan fingerprint density at radius 3 is 2.89 bits per heavy atom. The minimum atomic E-state index is 0.00316. The second-order valence-corrected chi connectivity index (χ2v) is 3.82. The first kappa shape index (κ1) is 13.2. The van der Waals surface area contributed by atoms with Crippen LogP contribution in [0.5, 0.6) is 0 Å². The molecule has 0 radical (unpaired) electrons. The Balaban J connectivity index is 2.17. The number of hydrogen-bond donors (Lipinski definition) is 2. The van der Waals surface area contributed by atoms with Gasteiger partial charge in [0.05, 0.1) is 31.0 Å². The minimum Gasteiger partial charge on any atom is -0.394 e. The number of hydrogen-bond acceptors (Lipinski definition) is 6. The van der Waals surface area contributed by atoms with E-state index >= 15 is 0 Å². The number of benzene rings is 1. The second-order valence-electron chi connectivity index (χ2n) is 3.82. The monoisotopic (exact) mass is 258 g/mol. The van der Waals surface area contributed by atoms with Crippen molar-refractivity contribution < 1.29 is 9.84 Å². The van der Waals surface area contributed by atoms with Gasteiger partial charge >= 0.3 is 0 Å². The lowest BCUT2D eigenvalue weighted by molar-refractivity contribution is 0.0992. The van der Waals surface area contributed by atoms with E-state index in [1.54, 1.807) is 0 Å². The van der Waals surface area contributed by atoms with Gasteiger partial charge in [0.2, 0.25) is 0 Å². The highest BCUT2D eigenvalue weighted by molar-refractivity contribution is 5.92. The van der Waals surface area contributed by atoms with Crippen LogP contribution in [0.3, 0.4) is 0 Å². The molecule has 0 amide bonds. The minimum absolute atomic E-state index is 0.00316. The van der Waals surface area contributed by atoms with Crippen molar-refractivity contribution in [3.05, 3.63) is 30.0 Å². The van der Waals surface area contributed by atoms with Crippen LogP contribution in [0.15, 0.2) is 24.3 Å². The van der Waals surface area contributed by atoms with E-state index < -0.39 is 0 Å². The third-order valence-electron chi connectivity index (χ3n) is 2.56. The molecule has 0 saturated heterocycles. The number of anilines is 1.